The third-order valence-electron chi connectivity index (χ3n) is 5.34. The topological polar surface area (TPSA) is 63.5 Å². The van der Waals surface area contributed by atoms with Gasteiger partial charge in [0.05, 0.1) is 34.0 Å². The highest BCUT2D eigenvalue weighted by atomic mass is 32.1. The van der Waals surface area contributed by atoms with Gasteiger partial charge < -0.3 is 10.2 Å². The number of anilines is 1. The lowest BCUT2D eigenvalue weighted by molar-refractivity contribution is -0.897. The molecule has 0 unspecified atom stereocenters. The summed E-state index contributed by atoms with van der Waals surface area (Å²) in [6, 6.07) is 15.4. The molecule has 1 fully saturated rings. The van der Waals surface area contributed by atoms with Crippen LogP contribution in [0.25, 0.3) is 10.2 Å². The van der Waals surface area contributed by atoms with Crippen molar-refractivity contribution in [3.05, 3.63) is 59.1 Å². The van der Waals surface area contributed by atoms with Gasteiger partial charge in [0.1, 0.15) is 0 Å². The summed E-state index contributed by atoms with van der Waals surface area (Å²) < 4.78 is 1.25. The minimum Gasteiger partial charge on any atom is -0.327 e. The number of nitrogens with zero attached hydrogens (tertiary/aromatic N) is 1. The van der Waals surface area contributed by atoms with E-state index in [1.54, 1.807) is 23.5 Å². The van der Waals surface area contributed by atoms with Crippen molar-refractivity contribution >= 4 is 38.9 Å². The Morgan fingerprint density at radius 2 is 1.82 bits per heavy atom. The third kappa shape index (κ3) is 4.13. The van der Waals surface area contributed by atoms with E-state index in [2.05, 4.69) is 23.5 Å². The Kier molecular flexibility index (Phi) is 5.50. The highest BCUT2D eigenvalue weighted by molar-refractivity contribution is 7.18. The molecule has 2 aromatic carbocycles. The van der Waals surface area contributed by atoms with Crippen LogP contribution in [0.4, 0.5) is 5.69 Å². The molecule has 2 N–H and O–H groups in total. The van der Waals surface area contributed by atoms with E-state index < -0.39 is 0 Å². The molecular weight excluding hydrogens is 370 g/mol. The predicted molar refractivity (Wildman–Crippen MR) is 112 cm³/mol. The Hall–Kier alpha value is -2.57. The van der Waals surface area contributed by atoms with Crippen LogP contribution in [0.1, 0.15) is 41.0 Å². The van der Waals surface area contributed by atoms with E-state index in [9.17, 15) is 9.59 Å². The summed E-state index contributed by atoms with van der Waals surface area (Å²) in [5, 5.41) is 4.13. The van der Waals surface area contributed by atoms with Crippen molar-refractivity contribution in [3.8, 4) is 0 Å². The highest BCUT2D eigenvalue weighted by Gasteiger charge is 2.27. The number of nitrogens with one attached hydrogen (secondary N) is 2. The second-order valence-corrected chi connectivity index (χ2v) is 8.43. The Labute approximate surface area is 168 Å². The molecule has 28 heavy (non-hydrogen) atoms. The van der Waals surface area contributed by atoms with E-state index in [1.165, 1.54) is 21.5 Å². The zero-order valence-electron chi connectivity index (χ0n) is 15.9. The normalized spacial score (nSPS) is 19.5. The summed E-state index contributed by atoms with van der Waals surface area (Å²) in [6.45, 7) is 3.87. The van der Waals surface area contributed by atoms with Gasteiger partial charge >= 0.3 is 0 Å². The molecule has 1 amide bonds. The standard InChI is InChI=1S/C22H23N3O2S/c1-15(26)17-6-2-3-7-18(17)23-21(27)14-25-12-10-16(11-13-25)22-24-19-8-4-5-9-20(19)28-22/h2-9,16H,10-14H2,1H3,(H,23,27)/p+1. The van der Waals surface area contributed by atoms with E-state index in [-0.39, 0.29) is 11.7 Å². The van der Waals surface area contributed by atoms with E-state index >= 15 is 0 Å². The van der Waals surface area contributed by atoms with Crippen LogP contribution in [0, 0.1) is 0 Å². The van der Waals surface area contributed by atoms with Gasteiger partial charge in [0, 0.05) is 24.3 Å². The number of rotatable bonds is 5. The summed E-state index contributed by atoms with van der Waals surface area (Å²) in [6.07, 6.45) is 2.10. The zero-order chi connectivity index (χ0) is 19.5. The Morgan fingerprint density at radius 1 is 1.11 bits per heavy atom. The molecular formula is C22H24N3O2S+. The quantitative estimate of drug-likeness (QED) is 0.654. The monoisotopic (exact) mass is 394 g/mol. The first-order valence-corrected chi connectivity index (χ1v) is 10.5. The molecule has 0 atom stereocenters. The molecule has 4 rings (SSSR count). The number of benzene rings is 2. The number of hydrogen-bond acceptors (Lipinski definition) is 4. The van der Waals surface area contributed by atoms with Crippen LogP contribution in [0.2, 0.25) is 0 Å². The van der Waals surface area contributed by atoms with Crippen molar-refractivity contribution in [2.24, 2.45) is 0 Å². The molecule has 0 spiro atoms. The van der Waals surface area contributed by atoms with Gasteiger partial charge in [0.2, 0.25) is 0 Å². The lowest BCUT2D eigenvalue weighted by atomic mass is 9.97. The van der Waals surface area contributed by atoms with Crippen LogP contribution in [-0.4, -0.2) is 36.3 Å². The van der Waals surface area contributed by atoms with Crippen LogP contribution in [0.5, 0.6) is 0 Å². The van der Waals surface area contributed by atoms with Gasteiger partial charge in [-0.1, -0.05) is 24.3 Å². The number of fused-ring (bicyclic) bond motifs is 1. The zero-order valence-corrected chi connectivity index (χ0v) is 16.7. The number of Topliss-reactive ketones (excluding diaryl/α,β-unsaturated/α-hetero) is 1. The van der Waals surface area contributed by atoms with E-state index in [0.29, 0.717) is 23.7 Å². The molecule has 0 radical (unpaired) electrons. The van der Waals surface area contributed by atoms with Gasteiger partial charge in [-0.2, -0.15) is 0 Å². The van der Waals surface area contributed by atoms with Crippen molar-refractivity contribution in [1.82, 2.24) is 4.98 Å². The van der Waals surface area contributed by atoms with Gasteiger partial charge in [-0.05, 0) is 31.2 Å². The lowest BCUT2D eigenvalue weighted by Gasteiger charge is -2.27. The Morgan fingerprint density at radius 3 is 2.57 bits per heavy atom. The summed E-state index contributed by atoms with van der Waals surface area (Å²) in [7, 11) is 0. The number of ketones is 1. The lowest BCUT2D eigenvalue weighted by Crippen LogP contribution is -3.14. The fraction of sp³-hybridized carbons (Fsp3) is 0.318. The molecule has 5 nitrogen and oxygen atoms in total. The minimum absolute atomic E-state index is 0.0397. The van der Waals surface area contributed by atoms with Crippen molar-refractivity contribution in [2.45, 2.75) is 25.7 Å². The number of quaternary nitrogens is 1. The van der Waals surface area contributed by atoms with Gasteiger partial charge in [0.15, 0.2) is 12.3 Å². The van der Waals surface area contributed by atoms with Crippen molar-refractivity contribution in [3.63, 3.8) is 0 Å². The Bertz CT molecular complexity index is 973. The van der Waals surface area contributed by atoms with Crippen molar-refractivity contribution in [2.75, 3.05) is 25.0 Å². The fourth-order valence-electron chi connectivity index (χ4n) is 3.84. The number of para-hydroxylation sites is 2. The molecule has 0 aliphatic carbocycles. The fourth-order valence-corrected chi connectivity index (χ4v) is 4.97. The van der Waals surface area contributed by atoms with Crippen molar-refractivity contribution in [1.29, 1.82) is 0 Å². The average molecular weight is 395 g/mol. The molecule has 6 heteroatoms. The third-order valence-corrected chi connectivity index (χ3v) is 6.54. The summed E-state index contributed by atoms with van der Waals surface area (Å²) in [4.78, 5) is 30.3. The highest BCUT2D eigenvalue weighted by Crippen LogP contribution is 2.31. The van der Waals surface area contributed by atoms with E-state index in [1.807, 2.05) is 18.2 Å². The van der Waals surface area contributed by atoms with Gasteiger partial charge in [-0.25, -0.2) is 4.98 Å². The number of aromatic nitrogens is 1. The molecule has 1 aliphatic rings. The number of carbonyl (C=O) groups excluding carboxylic acids is 2. The van der Waals surface area contributed by atoms with Crippen LogP contribution in [0.15, 0.2) is 48.5 Å². The summed E-state index contributed by atoms with van der Waals surface area (Å²) in [5.74, 6) is 0.407. The number of carbonyl (C=O) groups is 2. The number of hydrogen-bond donors (Lipinski definition) is 2. The largest absolute Gasteiger partial charge is 0.327 e. The maximum atomic E-state index is 12.5. The molecule has 1 aliphatic heterocycles. The molecule has 0 bridgehead atoms. The van der Waals surface area contributed by atoms with E-state index in [0.717, 1.165) is 31.4 Å². The first kappa shape index (κ1) is 18.8. The smallest absolute Gasteiger partial charge is 0.279 e. The van der Waals surface area contributed by atoms with E-state index in [4.69, 9.17) is 4.98 Å². The van der Waals surface area contributed by atoms with Crippen LogP contribution in [-0.2, 0) is 4.79 Å². The molecule has 0 saturated carbocycles. The first-order valence-electron chi connectivity index (χ1n) is 9.69. The van der Waals surface area contributed by atoms with Gasteiger partial charge in [-0.3, -0.25) is 9.59 Å². The van der Waals surface area contributed by atoms with Crippen LogP contribution < -0.4 is 10.2 Å². The minimum atomic E-state index is -0.0418. The predicted octanol–water partition coefficient (Wildman–Crippen LogP) is 2.90. The number of likely N-dealkylation sites (tertiary alicyclic amines) is 1. The average Bonchev–Trinajstić information content (AvgIpc) is 3.13. The Balaban J connectivity index is 1.33. The number of piperidine rings is 1. The maximum absolute atomic E-state index is 12.5. The molecule has 144 valence electrons. The van der Waals surface area contributed by atoms with Gasteiger partial charge in [-0.15, -0.1) is 11.3 Å². The summed E-state index contributed by atoms with van der Waals surface area (Å²) in [5.41, 5.74) is 2.24. The SMILES string of the molecule is CC(=O)c1ccccc1NC(=O)C[NH+]1CCC(c2nc3ccccc3s2)CC1. The molecule has 1 saturated heterocycles. The first-order chi connectivity index (χ1) is 13.6. The van der Waals surface area contributed by atoms with Crippen LogP contribution in [0.3, 0.4) is 0 Å². The second kappa shape index (κ2) is 8.20. The molecule has 1 aromatic heterocycles. The second-order valence-electron chi connectivity index (χ2n) is 7.37. The number of amides is 1. The summed E-state index contributed by atoms with van der Waals surface area (Å²) >= 11 is 1.79. The van der Waals surface area contributed by atoms with Crippen LogP contribution >= 0.6 is 11.3 Å². The number of thiazole rings is 1. The maximum Gasteiger partial charge on any atom is 0.279 e. The molecule has 2 heterocycles. The molecule has 3 aromatic rings. The van der Waals surface area contributed by atoms with Gasteiger partial charge in [0.25, 0.3) is 5.91 Å². The van der Waals surface area contributed by atoms with Crippen molar-refractivity contribution < 1.29 is 14.5 Å².